The highest BCUT2D eigenvalue weighted by molar-refractivity contribution is 5.23. The van der Waals surface area contributed by atoms with Crippen LogP contribution in [0.15, 0.2) is 18.5 Å². The zero-order valence-corrected chi connectivity index (χ0v) is 8.80. The summed E-state index contributed by atoms with van der Waals surface area (Å²) in [4.78, 5) is 3.65. The lowest BCUT2D eigenvalue weighted by Crippen LogP contribution is -2.07. The van der Waals surface area contributed by atoms with Gasteiger partial charge in [-0.25, -0.2) is 0 Å². The van der Waals surface area contributed by atoms with Crippen LogP contribution in [0.25, 0.3) is 0 Å². The van der Waals surface area contributed by atoms with Gasteiger partial charge in [0.1, 0.15) is 0 Å². The van der Waals surface area contributed by atoms with Crippen molar-refractivity contribution >= 4 is 0 Å². The molecule has 1 nitrogen and oxygen atoms in total. The Labute approximate surface area is 87.3 Å². The lowest BCUT2D eigenvalue weighted by molar-refractivity contribution is -0.137. The molecule has 0 atom stereocenters. The maximum Gasteiger partial charge on any atom is 0.417 e. The molecule has 0 fully saturated rings. The molecule has 1 rings (SSSR count). The van der Waals surface area contributed by atoms with E-state index in [-0.39, 0.29) is 5.92 Å². The third kappa shape index (κ3) is 2.94. The molecule has 15 heavy (non-hydrogen) atoms. The van der Waals surface area contributed by atoms with Crippen LogP contribution in [0, 0.1) is 0 Å². The molecule has 0 aliphatic heterocycles. The number of pyridine rings is 1. The van der Waals surface area contributed by atoms with Gasteiger partial charge in [-0.1, -0.05) is 13.8 Å². The second kappa shape index (κ2) is 4.64. The Bertz CT molecular complexity index is 316. The number of halogens is 3. The van der Waals surface area contributed by atoms with Crippen molar-refractivity contribution in [1.29, 1.82) is 0 Å². The Morgan fingerprint density at radius 3 is 2.27 bits per heavy atom. The highest BCUT2D eigenvalue weighted by Crippen LogP contribution is 2.31. The zero-order valence-electron chi connectivity index (χ0n) is 8.80. The van der Waals surface area contributed by atoms with Crippen LogP contribution in [-0.4, -0.2) is 4.98 Å². The largest absolute Gasteiger partial charge is 0.417 e. The van der Waals surface area contributed by atoms with Gasteiger partial charge in [-0.15, -0.1) is 0 Å². The van der Waals surface area contributed by atoms with E-state index in [2.05, 4.69) is 4.98 Å². The van der Waals surface area contributed by atoms with Crippen molar-refractivity contribution in [1.82, 2.24) is 4.98 Å². The lowest BCUT2D eigenvalue weighted by atomic mass is 9.94. The Kier molecular flexibility index (Phi) is 3.72. The maximum atomic E-state index is 12.4. The monoisotopic (exact) mass is 217 g/mol. The smallest absolute Gasteiger partial charge is 0.264 e. The molecule has 1 aromatic heterocycles. The van der Waals surface area contributed by atoms with Gasteiger partial charge in [0, 0.05) is 12.4 Å². The van der Waals surface area contributed by atoms with Crippen molar-refractivity contribution in [2.45, 2.75) is 38.8 Å². The Morgan fingerprint density at radius 2 is 1.80 bits per heavy atom. The lowest BCUT2D eigenvalue weighted by Gasteiger charge is -2.14. The summed E-state index contributed by atoms with van der Waals surface area (Å²) in [6.07, 6.45) is -0.243. The van der Waals surface area contributed by atoms with Crippen LogP contribution in [0.5, 0.6) is 0 Å². The van der Waals surface area contributed by atoms with E-state index in [1.54, 1.807) is 0 Å². The van der Waals surface area contributed by atoms with Gasteiger partial charge < -0.3 is 0 Å². The summed E-state index contributed by atoms with van der Waals surface area (Å²) >= 11 is 0. The standard InChI is InChI=1S/C11H14F3N/c1-3-8(4-2)9-5-10(7-15-6-9)11(12,13)14/h5-8H,3-4H2,1-2H3. The molecule has 84 valence electrons. The van der Waals surface area contributed by atoms with Crippen LogP contribution in [0.3, 0.4) is 0 Å². The molecule has 0 spiro atoms. The minimum absolute atomic E-state index is 0.166. The number of aromatic nitrogens is 1. The fraction of sp³-hybridized carbons (Fsp3) is 0.545. The first-order chi connectivity index (χ1) is 6.99. The van der Waals surface area contributed by atoms with Gasteiger partial charge in [0.25, 0.3) is 0 Å². The topological polar surface area (TPSA) is 12.9 Å². The van der Waals surface area contributed by atoms with E-state index in [0.29, 0.717) is 5.56 Å². The van der Waals surface area contributed by atoms with Gasteiger partial charge in [0.2, 0.25) is 0 Å². The number of alkyl halides is 3. The molecule has 0 unspecified atom stereocenters. The van der Waals surface area contributed by atoms with E-state index in [0.717, 1.165) is 19.0 Å². The van der Waals surface area contributed by atoms with Gasteiger partial charge in [-0.05, 0) is 30.4 Å². The van der Waals surface area contributed by atoms with Crippen LogP contribution in [0.1, 0.15) is 43.7 Å². The average molecular weight is 217 g/mol. The molecule has 0 bridgehead atoms. The molecule has 0 saturated heterocycles. The molecular formula is C11H14F3N. The summed E-state index contributed by atoms with van der Waals surface area (Å²) < 4.78 is 37.2. The van der Waals surface area contributed by atoms with E-state index in [4.69, 9.17) is 0 Å². The quantitative estimate of drug-likeness (QED) is 0.745. The first-order valence-corrected chi connectivity index (χ1v) is 5.01. The van der Waals surface area contributed by atoms with Crippen molar-refractivity contribution in [2.75, 3.05) is 0 Å². The van der Waals surface area contributed by atoms with Crippen molar-refractivity contribution < 1.29 is 13.2 Å². The summed E-state index contributed by atoms with van der Waals surface area (Å²) in [6.45, 7) is 3.93. The van der Waals surface area contributed by atoms with E-state index in [9.17, 15) is 13.2 Å². The van der Waals surface area contributed by atoms with Crippen LogP contribution < -0.4 is 0 Å². The number of nitrogens with zero attached hydrogens (tertiary/aromatic N) is 1. The summed E-state index contributed by atoms with van der Waals surface area (Å²) in [5.41, 5.74) is 0.0155. The molecule has 1 aromatic rings. The first-order valence-electron chi connectivity index (χ1n) is 5.01. The van der Waals surface area contributed by atoms with Crippen LogP contribution in [0.4, 0.5) is 13.2 Å². The van der Waals surface area contributed by atoms with E-state index in [1.807, 2.05) is 13.8 Å². The molecule has 0 amide bonds. The molecule has 0 aliphatic rings. The van der Waals surface area contributed by atoms with Crippen molar-refractivity contribution in [3.63, 3.8) is 0 Å². The fourth-order valence-electron chi connectivity index (χ4n) is 1.60. The predicted octanol–water partition coefficient (Wildman–Crippen LogP) is 4.00. The molecule has 0 N–H and O–H groups in total. The number of hydrogen-bond donors (Lipinski definition) is 0. The third-order valence-corrected chi connectivity index (χ3v) is 2.54. The highest BCUT2D eigenvalue weighted by atomic mass is 19.4. The number of rotatable bonds is 3. The van der Waals surface area contributed by atoms with Crippen molar-refractivity contribution in [3.05, 3.63) is 29.6 Å². The summed E-state index contributed by atoms with van der Waals surface area (Å²) in [6, 6.07) is 1.20. The van der Waals surface area contributed by atoms with Crippen LogP contribution in [-0.2, 0) is 6.18 Å². The average Bonchev–Trinajstić information content (AvgIpc) is 2.19. The second-order valence-corrected chi connectivity index (χ2v) is 3.52. The molecule has 0 aliphatic carbocycles. The van der Waals surface area contributed by atoms with E-state index >= 15 is 0 Å². The van der Waals surface area contributed by atoms with Crippen molar-refractivity contribution in [3.8, 4) is 0 Å². The van der Waals surface area contributed by atoms with Gasteiger partial charge in [-0.2, -0.15) is 13.2 Å². The zero-order chi connectivity index (χ0) is 11.5. The minimum Gasteiger partial charge on any atom is -0.264 e. The summed E-state index contributed by atoms with van der Waals surface area (Å²) in [7, 11) is 0. The predicted molar refractivity (Wildman–Crippen MR) is 52.6 cm³/mol. The molecule has 0 saturated carbocycles. The Morgan fingerprint density at radius 1 is 1.20 bits per heavy atom. The van der Waals surface area contributed by atoms with Gasteiger partial charge in [-0.3, -0.25) is 4.98 Å². The molecule has 0 aromatic carbocycles. The molecule has 0 radical (unpaired) electrons. The Hall–Kier alpha value is -1.06. The SMILES string of the molecule is CCC(CC)c1cncc(C(F)(F)F)c1. The molecular weight excluding hydrogens is 203 g/mol. The van der Waals surface area contributed by atoms with E-state index < -0.39 is 11.7 Å². The van der Waals surface area contributed by atoms with Gasteiger partial charge >= 0.3 is 6.18 Å². The maximum absolute atomic E-state index is 12.4. The van der Waals surface area contributed by atoms with Crippen molar-refractivity contribution in [2.24, 2.45) is 0 Å². The fourth-order valence-corrected chi connectivity index (χ4v) is 1.60. The van der Waals surface area contributed by atoms with E-state index in [1.165, 1.54) is 12.3 Å². The van der Waals surface area contributed by atoms with Crippen LogP contribution >= 0.6 is 0 Å². The summed E-state index contributed by atoms with van der Waals surface area (Å²) in [5, 5.41) is 0. The third-order valence-electron chi connectivity index (χ3n) is 2.54. The first kappa shape index (κ1) is 12.0. The minimum atomic E-state index is -4.30. The highest BCUT2D eigenvalue weighted by Gasteiger charge is 2.31. The second-order valence-electron chi connectivity index (χ2n) is 3.52. The Balaban J connectivity index is 3.02. The van der Waals surface area contributed by atoms with Gasteiger partial charge in [0.05, 0.1) is 5.56 Å². The van der Waals surface area contributed by atoms with Crippen LogP contribution in [0.2, 0.25) is 0 Å². The normalized spacial score (nSPS) is 12.1. The molecule has 1 heterocycles. The molecule has 4 heteroatoms. The number of hydrogen-bond acceptors (Lipinski definition) is 1. The van der Waals surface area contributed by atoms with Gasteiger partial charge in [0.15, 0.2) is 0 Å². The summed E-state index contributed by atoms with van der Waals surface area (Å²) in [5.74, 6) is 0.166.